The van der Waals surface area contributed by atoms with Crippen LogP contribution < -0.4 is 0 Å². The molecule has 0 bridgehead atoms. The third-order valence-corrected chi connectivity index (χ3v) is 5.39. The Hall–Kier alpha value is -0.890. The van der Waals surface area contributed by atoms with Crippen molar-refractivity contribution in [3.63, 3.8) is 0 Å². The van der Waals surface area contributed by atoms with Crippen molar-refractivity contribution < 1.29 is 4.39 Å². The highest BCUT2D eigenvalue weighted by Gasteiger charge is 2.22. The molecular formula is C21H34FN. The number of piperidine rings is 1. The number of nitrogens with zero attached hydrogens (tertiary/aromatic N) is 1. The second-order valence-corrected chi connectivity index (χ2v) is 7.08. The van der Waals surface area contributed by atoms with E-state index in [1.807, 2.05) is 26.0 Å². The minimum atomic E-state index is -0.124. The molecule has 1 heterocycles. The molecule has 0 N–H and O–H groups in total. The largest absolute Gasteiger partial charge is 0.303 e. The second kappa shape index (κ2) is 10.1. The number of halogens is 1. The number of hydrogen-bond acceptors (Lipinski definition) is 1. The summed E-state index contributed by atoms with van der Waals surface area (Å²) in [4.78, 5) is 2.69. The molecule has 1 nitrogen and oxygen atoms in total. The number of likely N-dealkylation sites (tertiary alicyclic amines) is 1. The molecule has 2 heteroatoms. The molecule has 1 saturated heterocycles. The van der Waals surface area contributed by atoms with E-state index < -0.39 is 0 Å². The Morgan fingerprint density at radius 2 is 1.48 bits per heavy atom. The maximum atomic E-state index is 12.9. The lowest BCUT2D eigenvalue weighted by Crippen LogP contribution is -2.38. The van der Waals surface area contributed by atoms with Crippen LogP contribution in [0.15, 0.2) is 24.3 Å². The normalized spacial score (nSPS) is 20.8. The summed E-state index contributed by atoms with van der Waals surface area (Å²) in [6, 6.07) is 7.08. The molecule has 2 fully saturated rings. The number of rotatable bonds is 4. The van der Waals surface area contributed by atoms with Gasteiger partial charge in [-0.15, -0.1) is 0 Å². The summed E-state index contributed by atoms with van der Waals surface area (Å²) < 4.78 is 12.9. The van der Waals surface area contributed by atoms with Gasteiger partial charge in [0, 0.05) is 6.54 Å². The molecule has 0 radical (unpaired) electrons. The van der Waals surface area contributed by atoms with Crippen molar-refractivity contribution in [2.45, 2.75) is 65.2 Å². The van der Waals surface area contributed by atoms with E-state index in [4.69, 9.17) is 0 Å². The average molecular weight is 320 g/mol. The van der Waals surface area contributed by atoms with Crippen LogP contribution in [0.4, 0.5) is 4.39 Å². The van der Waals surface area contributed by atoms with Gasteiger partial charge < -0.3 is 4.90 Å². The fraction of sp³-hybridized carbons (Fsp3) is 0.714. The first-order chi connectivity index (χ1) is 11.3. The first-order valence-electron chi connectivity index (χ1n) is 9.76. The third-order valence-electron chi connectivity index (χ3n) is 5.39. The van der Waals surface area contributed by atoms with Gasteiger partial charge in [-0.2, -0.15) is 0 Å². The van der Waals surface area contributed by atoms with E-state index in [2.05, 4.69) is 4.90 Å². The smallest absolute Gasteiger partial charge is 0.123 e. The molecule has 0 amide bonds. The zero-order chi connectivity index (χ0) is 16.5. The van der Waals surface area contributed by atoms with Gasteiger partial charge in [-0.25, -0.2) is 4.39 Å². The molecule has 23 heavy (non-hydrogen) atoms. The predicted octanol–water partition coefficient (Wildman–Crippen LogP) is 5.69. The molecular weight excluding hydrogens is 285 g/mol. The Balaban J connectivity index is 0.000000924. The molecule has 1 aromatic carbocycles. The summed E-state index contributed by atoms with van der Waals surface area (Å²) >= 11 is 0. The zero-order valence-corrected chi connectivity index (χ0v) is 15.1. The van der Waals surface area contributed by atoms with Crippen LogP contribution in [0.1, 0.15) is 64.4 Å². The first-order valence-corrected chi connectivity index (χ1v) is 9.76. The van der Waals surface area contributed by atoms with E-state index in [0.29, 0.717) is 0 Å². The van der Waals surface area contributed by atoms with E-state index in [9.17, 15) is 4.39 Å². The van der Waals surface area contributed by atoms with Crippen LogP contribution in [0.2, 0.25) is 0 Å². The lowest BCUT2D eigenvalue weighted by Gasteiger charge is -2.35. The van der Waals surface area contributed by atoms with Crippen molar-refractivity contribution in [3.8, 4) is 0 Å². The first kappa shape index (κ1) is 18.4. The molecule has 1 saturated carbocycles. The van der Waals surface area contributed by atoms with Crippen molar-refractivity contribution in [2.24, 2.45) is 11.8 Å². The van der Waals surface area contributed by atoms with Gasteiger partial charge in [0.1, 0.15) is 5.82 Å². The van der Waals surface area contributed by atoms with Crippen LogP contribution in [-0.4, -0.2) is 24.5 Å². The van der Waals surface area contributed by atoms with Crippen molar-refractivity contribution in [2.75, 3.05) is 19.6 Å². The Morgan fingerprint density at radius 1 is 0.870 bits per heavy atom. The molecule has 1 aliphatic heterocycles. The Morgan fingerprint density at radius 3 is 2.09 bits per heavy atom. The highest BCUT2D eigenvalue weighted by atomic mass is 19.1. The Kier molecular flexibility index (Phi) is 8.08. The van der Waals surface area contributed by atoms with Crippen molar-refractivity contribution in [3.05, 3.63) is 35.6 Å². The highest BCUT2D eigenvalue weighted by molar-refractivity contribution is 5.16. The molecule has 0 spiro atoms. The van der Waals surface area contributed by atoms with E-state index in [-0.39, 0.29) is 5.82 Å². The standard InChI is InChI=1S/C19H28FN.C2H6/c20-19-8-6-16(7-9-19)14-17-10-12-21(13-11-17)15-18-4-2-1-3-5-18;1-2/h6-9,17-18H,1-5,10-15H2;1-2H3. The molecule has 1 aliphatic carbocycles. The van der Waals surface area contributed by atoms with Crippen molar-refractivity contribution >= 4 is 0 Å². The topological polar surface area (TPSA) is 3.24 Å². The van der Waals surface area contributed by atoms with Crippen LogP contribution in [0.3, 0.4) is 0 Å². The minimum Gasteiger partial charge on any atom is -0.303 e. The maximum Gasteiger partial charge on any atom is 0.123 e. The van der Waals surface area contributed by atoms with Gasteiger partial charge in [-0.05, 0) is 74.7 Å². The Bertz CT molecular complexity index is 414. The summed E-state index contributed by atoms with van der Waals surface area (Å²) in [5.41, 5.74) is 1.29. The minimum absolute atomic E-state index is 0.124. The second-order valence-electron chi connectivity index (χ2n) is 7.08. The molecule has 2 aliphatic rings. The quantitative estimate of drug-likeness (QED) is 0.689. The van der Waals surface area contributed by atoms with Gasteiger partial charge in [0.25, 0.3) is 0 Å². The third kappa shape index (κ3) is 6.25. The van der Waals surface area contributed by atoms with E-state index in [1.165, 1.54) is 70.1 Å². The lowest BCUT2D eigenvalue weighted by molar-refractivity contribution is 0.145. The predicted molar refractivity (Wildman–Crippen MR) is 97.2 cm³/mol. The number of benzene rings is 1. The highest BCUT2D eigenvalue weighted by Crippen LogP contribution is 2.27. The molecule has 0 unspecified atom stereocenters. The number of hydrogen-bond donors (Lipinski definition) is 0. The lowest BCUT2D eigenvalue weighted by atomic mass is 9.86. The van der Waals surface area contributed by atoms with Gasteiger partial charge in [0.05, 0.1) is 0 Å². The van der Waals surface area contributed by atoms with Gasteiger partial charge in [0.2, 0.25) is 0 Å². The van der Waals surface area contributed by atoms with Gasteiger partial charge in [-0.3, -0.25) is 0 Å². The van der Waals surface area contributed by atoms with E-state index in [0.717, 1.165) is 18.3 Å². The van der Waals surface area contributed by atoms with Crippen molar-refractivity contribution in [1.82, 2.24) is 4.90 Å². The molecule has 0 atom stereocenters. The monoisotopic (exact) mass is 319 g/mol. The van der Waals surface area contributed by atoms with Gasteiger partial charge in [0.15, 0.2) is 0 Å². The Labute approximate surface area is 142 Å². The molecule has 0 aromatic heterocycles. The summed E-state index contributed by atoms with van der Waals surface area (Å²) in [5, 5.41) is 0. The SMILES string of the molecule is CC.Fc1ccc(CC2CCN(CC3CCCCC3)CC2)cc1. The fourth-order valence-corrected chi connectivity index (χ4v) is 4.06. The van der Waals surface area contributed by atoms with Gasteiger partial charge in [-0.1, -0.05) is 45.2 Å². The summed E-state index contributed by atoms with van der Waals surface area (Å²) in [5.74, 6) is 1.63. The summed E-state index contributed by atoms with van der Waals surface area (Å²) in [6.45, 7) is 7.87. The zero-order valence-electron chi connectivity index (χ0n) is 15.1. The van der Waals surface area contributed by atoms with Crippen LogP contribution in [0.25, 0.3) is 0 Å². The van der Waals surface area contributed by atoms with Crippen LogP contribution in [-0.2, 0) is 6.42 Å². The molecule has 3 rings (SSSR count). The van der Waals surface area contributed by atoms with Crippen LogP contribution in [0, 0.1) is 17.7 Å². The van der Waals surface area contributed by atoms with Crippen LogP contribution in [0.5, 0.6) is 0 Å². The summed E-state index contributed by atoms with van der Waals surface area (Å²) in [6.07, 6.45) is 11.0. The van der Waals surface area contributed by atoms with Gasteiger partial charge >= 0.3 is 0 Å². The molecule has 1 aromatic rings. The maximum absolute atomic E-state index is 12.9. The van der Waals surface area contributed by atoms with Crippen molar-refractivity contribution in [1.29, 1.82) is 0 Å². The van der Waals surface area contributed by atoms with E-state index in [1.54, 1.807) is 12.1 Å². The van der Waals surface area contributed by atoms with E-state index >= 15 is 0 Å². The fourth-order valence-electron chi connectivity index (χ4n) is 4.06. The summed E-state index contributed by atoms with van der Waals surface area (Å²) in [7, 11) is 0. The average Bonchev–Trinajstić information content (AvgIpc) is 2.61. The molecule has 130 valence electrons. The van der Waals surface area contributed by atoms with Crippen LogP contribution >= 0.6 is 0 Å².